The van der Waals surface area contributed by atoms with Gasteiger partial charge < -0.3 is 4.74 Å². The second-order valence-electron chi connectivity index (χ2n) is 3.79. The number of ether oxygens (including phenoxy) is 1. The second kappa shape index (κ2) is 5.63. The van der Waals surface area contributed by atoms with E-state index in [0.717, 1.165) is 5.01 Å². The minimum atomic E-state index is -0.477. The van der Waals surface area contributed by atoms with Gasteiger partial charge in [-0.1, -0.05) is 6.07 Å². The SMILES string of the molecule is CCOc1ccc(C(C)C(=O)N(C)N)cc1F. The van der Waals surface area contributed by atoms with Gasteiger partial charge in [0.1, 0.15) is 0 Å². The lowest BCUT2D eigenvalue weighted by atomic mass is 10.00. The molecule has 0 saturated carbocycles. The van der Waals surface area contributed by atoms with E-state index in [0.29, 0.717) is 12.2 Å². The lowest BCUT2D eigenvalue weighted by Crippen LogP contribution is -2.36. The lowest BCUT2D eigenvalue weighted by molar-refractivity contribution is -0.131. The Bertz CT molecular complexity index is 407. The van der Waals surface area contributed by atoms with Crippen molar-refractivity contribution in [1.29, 1.82) is 0 Å². The predicted molar refractivity (Wildman–Crippen MR) is 62.9 cm³/mol. The van der Waals surface area contributed by atoms with E-state index in [9.17, 15) is 9.18 Å². The van der Waals surface area contributed by atoms with Gasteiger partial charge in [0.15, 0.2) is 11.6 Å². The van der Waals surface area contributed by atoms with Crippen molar-refractivity contribution in [3.05, 3.63) is 29.6 Å². The highest BCUT2D eigenvalue weighted by Crippen LogP contribution is 2.23. The molecule has 5 heteroatoms. The first-order valence-electron chi connectivity index (χ1n) is 5.41. The fourth-order valence-electron chi connectivity index (χ4n) is 1.51. The van der Waals surface area contributed by atoms with Gasteiger partial charge in [0.2, 0.25) is 5.91 Å². The van der Waals surface area contributed by atoms with Crippen molar-refractivity contribution in [3.8, 4) is 5.75 Å². The third-order valence-electron chi connectivity index (χ3n) is 2.47. The number of hydrogen-bond donors (Lipinski definition) is 1. The Labute approximate surface area is 100 Å². The van der Waals surface area contributed by atoms with Gasteiger partial charge in [-0.2, -0.15) is 0 Å². The number of nitrogens with zero attached hydrogens (tertiary/aromatic N) is 1. The second-order valence-corrected chi connectivity index (χ2v) is 3.79. The predicted octanol–water partition coefficient (Wildman–Crippen LogP) is 1.66. The molecule has 0 radical (unpaired) electrons. The highest BCUT2D eigenvalue weighted by molar-refractivity contribution is 5.82. The summed E-state index contributed by atoms with van der Waals surface area (Å²) in [6, 6.07) is 4.49. The molecule has 1 atom stereocenters. The van der Waals surface area contributed by atoms with E-state index in [4.69, 9.17) is 10.6 Å². The van der Waals surface area contributed by atoms with Crippen molar-refractivity contribution in [2.45, 2.75) is 19.8 Å². The van der Waals surface area contributed by atoms with Crippen LogP contribution in [0.3, 0.4) is 0 Å². The molecule has 0 aliphatic heterocycles. The van der Waals surface area contributed by atoms with Crippen molar-refractivity contribution < 1.29 is 13.9 Å². The topological polar surface area (TPSA) is 55.6 Å². The van der Waals surface area contributed by atoms with Gasteiger partial charge in [0, 0.05) is 7.05 Å². The molecule has 0 fully saturated rings. The van der Waals surface area contributed by atoms with Crippen molar-refractivity contribution in [2.24, 2.45) is 5.84 Å². The van der Waals surface area contributed by atoms with Crippen LogP contribution in [0, 0.1) is 5.82 Å². The average Bonchev–Trinajstić information content (AvgIpc) is 2.30. The van der Waals surface area contributed by atoms with E-state index < -0.39 is 11.7 Å². The Balaban J connectivity index is 2.93. The Morgan fingerprint density at radius 1 is 1.59 bits per heavy atom. The molecule has 17 heavy (non-hydrogen) atoms. The third-order valence-corrected chi connectivity index (χ3v) is 2.47. The maximum absolute atomic E-state index is 13.6. The van der Waals surface area contributed by atoms with E-state index in [1.807, 2.05) is 0 Å². The van der Waals surface area contributed by atoms with Crippen LogP contribution in [0.5, 0.6) is 5.75 Å². The first-order valence-corrected chi connectivity index (χ1v) is 5.41. The number of benzene rings is 1. The highest BCUT2D eigenvalue weighted by Gasteiger charge is 2.18. The summed E-state index contributed by atoms with van der Waals surface area (Å²) in [5.74, 6) is 4.33. The number of likely N-dealkylation sites (N-methyl/N-ethyl adjacent to an activating group) is 1. The van der Waals surface area contributed by atoms with Crippen molar-refractivity contribution >= 4 is 5.91 Å². The third kappa shape index (κ3) is 3.17. The molecule has 1 rings (SSSR count). The Morgan fingerprint density at radius 2 is 2.24 bits per heavy atom. The zero-order valence-corrected chi connectivity index (χ0v) is 10.2. The van der Waals surface area contributed by atoms with Gasteiger partial charge in [-0.3, -0.25) is 9.80 Å². The summed E-state index contributed by atoms with van der Waals surface area (Å²) < 4.78 is 18.7. The number of rotatable bonds is 4. The fourth-order valence-corrected chi connectivity index (χ4v) is 1.51. The minimum absolute atomic E-state index is 0.192. The summed E-state index contributed by atoms with van der Waals surface area (Å²) in [7, 11) is 1.46. The normalized spacial score (nSPS) is 12.1. The summed E-state index contributed by atoms with van der Waals surface area (Å²) in [6.45, 7) is 3.86. The molecular formula is C12H17FN2O2. The summed E-state index contributed by atoms with van der Waals surface area (Å²) in [6.07, 6.45) is 0. The molecule has 1 amide bonds. The van der Waals surface area contributed by atoms with Crippen LogP contribution in [0.25, 0.3) is 0 Å². The van der Waals surface area contributed by atoms with Crippen LogP contribution in [0.15, 0.2) is 18.2 Å². The molecule has 94 valence electrons. The van der Waals surface area contributed by atoms with E-state index in [1.54, 1.807) is 19.9 Å². The molecule has 0 aromatic heterocycles. The monoisotopic (exact) mass is 240 g/mol. The number of carbonyl (C=O) groups is 1. The van der Waals surface area contributed by atoms with Crippen LogP contribution in [-0.2, 0) is 4.79 Å². The number of amides is 1. The van der Waals surface area contributed by atoms with Crippen LogP contribution < -0.4 is 10.6 Å². The molecule has 2 N–H and O–H groups in total. The molecule has 0 bridgehead atoms. The minimum Gasteiger partial charge on any atom is -0.491 e. The summed E-state index contributed by atoms with van der Waals surface area (Å²) in [5, 5.41) is 0.999. The lowest BCUT2D eigenvalue weighted by Gasteiger charge is -2.17. The number of halogens is 1. The van der Waals surface area contributed by atoms with Gasteiger partial charge in [0.05, 0.1) is 12.5 Å². The van der Waals surface area contributed by atoms with Crippen LogP contribution in [-0.4, -0.2) is 24.6 Å². The molecule has 4 nitrogen and oxygen atoms in total. The molecule has 1 unspecified atom stereocenters. The van der Waals surface area contributed by atoms with Crippen LogP contribution in [0.4, 0.5) is 4.39 Å². The van der Waals surface area contributed by atoms with Crippen molar-refractivity contribution in [1.82, 2.24) is 5.01 Å². The van der Waals surface area contributed by atoms with E-state index in [-0.39, 0.29) is 11.7 Å². The average molecular weight is 240 g/mol. The first kappa shape index (κ1) is 13.4. The Hall–Kier alpha value is -1.62. The largest absolute Gasteiger partial charge is 0.491 e. The number of hydrazine groups is 1. The maximum atomic E-state index is 13.6. The van der Waals surface area contributed by atoms with E-state index in [2.05, 4.69) is 0 Å². The molecular weight excluding hydrogens is 223 g/mol. The van der Waals surface area contributed by atoms with Gasteiger partial charge in [-0.05, 0) is 31.5 Å². The number of hydrogen-bond acceptors (Lipinski definition) is 3. The van der Waals surface area contributed by atoms with E-state index >= 15 is 0 Å². The van der Waals surface area contributed by atoms with Crippen LogP contribution in [0.2, 0.25) is 0 Å². The van der Waals surface area contributed by atoms with Crippen LogP contribution >= 0.6 is 0 Å². The molecule has 0 saturated heterocycles. The first-order chi connectivity index (χ1) is 7.97. The Kier molecular flexibility index (Phi) is 4.45. The molecule has 0 spiro atoms. The molecule has 0 aliphatic carbocycles. The summed E-state index contributed by atoms with van der Waals surface area (Å²) >= 11 is 0. The summed E-state index contributed by atoms with van der Waals surface area (Å²) in [5.41, 5.74) is 0.577. The molecule has 0 heterocycles. The van der Waals surface area contributed by atoms with E-state index in [1.165, 1.54) is 19.2 Å². The number of nitrogens with two attached hydrogens (primary N) is 1. The summed E-state index contributed by atoms with van der Waals surface area (Å²) in [4.78, 5) is 11.6. The molecule has 0 aliphatic rings. The number of carbonyl (C=O) groups excluding carboxylic acids is 1. The maximum Gasteiger partial charge on any atom is 0.243 e. The zero-order chi connectivity index (χ0) is 13.0. The van der Waals surface area contributed by atoms with Gasteiger partial charge >= 0.3 is 0 Å². The molecule has 1 aromatic rings. The van der Waals surface area contributed by atoms with Crippen molar-refractivity contribution in [2.75, 3.05) is 13.7 Å². The van der Waals surface area contributed by atoms with Crippen molar-refractivity contribution in [3.63, 3.8) is 0 Å². The van der Waals surface area contributed by atoms with Crippen LogP contribution in [0.1, 0.15) is 25.3 Å². The quantitative estimate of drug-likeness (QED) is 0.494. The van der Waals surface area contributed by atoms with Gasteiger partial charge in [-0.25, -0.2) is 10.2 Å². The fraction of sp³-hybridized carbons (Fsp3) is 0.417. The van der Waals surface area contributed by atoms with Gasteiger partial charge in [-0.15, -0.1) is 0 Å². The highest BCUT2D eigenvalue weighted by atomic mass is 19.1. The molecule has 1 aromatic carbocycles. The standard InChI is InChI=1S/C12H17FN2O2/c1-4-17-11-6-5-9(7-10(11)13)8(2)12(16)15(3)14/h5-8H,4,14H2,1-3H3. The smallest absolute Gasteiger partial charge is 0.243 e. The zero-order valence-electron chi connectivity index (χ0n) is 10.2. The Morgan fingerprint density at radius 3 is 2.71 bits per heavy atom. The van der Waals surface area contributed by atoms with Gasteiger partial charge in [0.25, 0.3) is 0 Å².